The van der Waals surface area contributed by atoms with E-state index in [0.717, 1.165) is 18.2 Å². The molecule has 1 N–H and O–H groups in total. The van der Waals surface area contributed by atoms with Crippen molar-refractivity contribution < 1.29 is 18.0 Å². The van der Waals surface area contributed by atoms with Crippen molar-refractivity contribution in [3.8, 4) is 0 Å². The van der Waals surface area contributed by atoms with Crippen molar-refractivity contribution in [1.29, 1.82) is 0 Å². The third kappa shape index (κ3) is 3.86. The van der Waals surface area contributed by atoms with Crippen molar-refractivity contribution in [1.82, 2.24) is 4.57 Å². The Morgan fingerprint density at radius 2 is 1.86 bits per heavy atom. The van der Waals surface area contributed by atoms with Crippen LogP contribution in [0.1, 0.15) is 22.8 Å². The van der Waals surface area contributed by atoms with E-state index in [0.29, 0.717) is 17.1 Å². The molecule has 0 bridgehead atoms. The Bertz CT molecular complexity index is 1140. The molecule has 9 heteroatoms. The highest BCUT2D eigenvalue weighted by Gasteiger charge is 2.31. The second kappa shape index (κ2) is 7.48. The Morgan fingerprint density at radius 1 is 1.14 bits per heavy atom. The van der Waals surface area contributed by atoms with E-state index in [2.05, 4.69) is 5.32 Å². The molecular weight excluding hydrogens is 416 g/mol. The first-order chi connectivity index (χ1) is 13.1. The smallest absolute Gasteiger partial charge is 0.347 e. The number of aromatic nitrogens is 1. The lowest BCUT2D eigenvalue weighted by Gasteiger charge is -2.14. The maximum atomic E-state index is 12.9. The Labute approximate surface area is 167 Å². The third-order valence-corrected chi connectivity index (χ3v) is 4.73. The molecule has 4 nitrogen and oxygen atoms in total. The van der Waals surface area contributed by atoms with Crippen LogP contribution in [0.3, 0.4) is 0 Å². The Morgan fingerprint density at radius 3 is 2.50 bits per heavy atom. The number of rotatable bonds is 3. The number of alkyl halides is 3. The summed E-state index contributed by atoms with van der Waals surface area (Å²) in [6.07, 6.45) is -3.24. The van der Waals surface area contributed by atoms with Crippen molar-refractivity contribution in [2.75, 3.05) is 5.32 Å². The number of carbonyl (C=O) groups excluding carboxylic acids is 1. The van der Waals surface area contributed by atoms with Gasteiger partial charge < -0.3 is 9.88 Å². The van der Waals surface area contributed by atoms with E-state index in [4.69, 9.17) is 23.2 Å². The summed E-state index contributed by atoms with van der Waals surface area (Å²) in [7, 11) is 0. The standard InChI is InChI=1S/C19H13Cl2F3N2O2/c1-2-26-9-13(17(27)12-8-11(20)4-6-16(12)26)18(28)25-15-7-10(19(22,23)24)3-5-14(15)21/h3-9H,2H2,1H3,(H,25,28). The number of fused-ring (bicyclic) bond motifs is 1. The molecule has 0 spiro atoms. The number of nitrogens with zero attached hydrogens (tertiary/aromatic N) is 1. The minimum absolute atomic E-state index is 0.0824. The number of halogens is 5. The first-order valence-corrected chi connectivity index (χ1v) is 8.88. The monoisotopic (exact) mass is 428 g/mol. The van der Waals surface area contributed by atoms with E-state index in [1.807, 2.05) is 6.92 Å². The van der Waals surface area contributed by atoms with Gasteiger partial charge in [0.15, 0.2) is 0 Å². The van der Waals surface area contributed by atoms with Gasteiger partial charge in [0, 0.05) is 23.2 Å². The summed E-state index contributed by atoms with van der Waals surface area (Å²) in [6.45, 7) is 2.28. The lowest BCUT2D eigenvalue weighted by Crippen LogP contribution is -2.24. The highest BCUT2D eigenvalue weighted by molar-refractivity contribution is 6.34. The maximum Gasteiger partial charge on any atom is 0.416 e. The summed E-state index contributed by atoms with van der Waals surface area (Å²) in [5.74, 6) is -0.865. The number of anilines is 1. The number of amides is 1. The molecule has 0 saturated heterocycles. The molecule has 1 aromatic heterocycles. The fourth-order valence-electron chi connectivity index (χ4n) is 2.78. The van der Waals surface area contributed by atoms with Gasteiger partial charge in [-0.15, -0.1) is 0 Å². The summed E-state index contributed by atoms with van der Waals surface area (Å²) in [5, 5.41) is 2.77. The average molecular weight is 429 g/mol. The van der Waals surface area contributed by atoms with Crippen LogP contribution in [0.15, 0.2) is 47.4 Å². The van der Waals surface area contributed by atoms with Crippen molar-refractivity contribution in [2.45, 2.75) is 19.6 Å². The quantitative estimate of drug-likeness (QED) is 0.590. The summed E-state index contributed by atoms with van der Waals surface area (Å²) in [6, 6.07) is 7.28. The number of benzene rings is 2. The minimum atomic E-state index is -4.60. The molecule has 0 aliphatic carbocycles. The molecule has 0 aliphatic heterocycles. The molecular formula is C19H13Cl2F3N2O2. The van der Waals surface area contributed by atoms with Gasteiger partial charge in [-0.1, -0.05) is 23.2 Å². The van der Waals surface area contributed by atoms with Crippen molar-refractivity contribution in [3.05, 3.63) is 74.0 Å². The Hall–Kier alpha value is -2.51. The number of nitrogens with one attached hydrogen (secondary N) is 1. The molecule has 0 unspecified atom stereocenters. The fourth-order valence-corrected chi connectivity index (χ4v) is 3.12. The lowest BCUT2D eigenvalue weighted by molar-refractivity contribution is -0.137. The van der Waals surface area contributed by atoms with Crippen LogP contribution >= 0.6 is 23.2 Å². The van der Waals surface area contributed by atoms with Gasteiger partial charge in [0.1, 0.15) is 5.56 Å². The van der Waals surface area contributed by atoms with Gasteiger partial charge in [0.2, 0.25) is 5.43 Å². The Kier molecular flexibility index (Phi) is 5.41. The average Bonchev–Trinajstić information content (AvgIpc) is 2.63. The molecule has 3 aromatic rings. The number of carbonyl (C=O) groups is 1. The highest BCUT2D eigenvalue weighted by Crippen LogP contribution is 2.34. The topological polar surface area (TPSA) is 51.1 Å². The molecule has 0 atom stereocenters. The maximum absolute atomic E-state index is 12.9. The van der Waals surface area contributed by atoms with Crippen molar-refractivity contribution in [3.63, 3.8) is 0 Å². The molecule has 0 aliphatic rings. The molecule has 146 valence electrons. The molecule has 0 saturated carbocycles. The predicted molar refractivity (Wildman–Crippen MR) is 103 cm³/mol. The minimum Gasteiger partial charge on any atom is -0.347 e. The van der Waals surface area contributed by atoms with E-state index < -0.39 is 23.1 Å². The van der Waals surface area contributed by atoms with Crippen molar-refractivity contribution in [2.24, 2.45) is 0 Å². The zero-order chi connectivity index (χ0) is 20.6. The summed E-state index contributed by atoms with van der Waals surface area (Å²) < 4.78 is 40.4. The van der Waals surface area contributed by atoms with Crippen LogP contribution in [0.4, 0.5) is 18.9 Å². The van der Waals surface area contributed by atoms with Gasteiger partial charge in [0.05, 0.1) is 21.8 Å². The van der Waals surface area contributed by atoms with E-state index in [1.54, 1.807) is 16.7 Å². The van der Waals surface area contributed by atoms with Crippen LogP contribution in [-0.4, -0.2) is 10.5 Å². The molecule has 0 fully saturated rings. The molecule has 3 rings (SSSR count). The fraction of sp³-hybridized carbons (Fsp3) is 0.158. The first-order valence-electron chi connectivity index (χ1n) is 8.12. The van der Waals surface area contributed by atoms with Crippen LogP contribution in [0.25, 0.3) is 10.9 Å². The molecule has 28 heavy (non-hydrogen) atoms. The van der Waals surface area contributed by atoms with Crippen molar-refractivity contribution >= 4 is 45.7 Å². The van der Waals surface area contributed by atoms with Crippen LogP contribution in [-0.2, 0) is 12.7 Å². The SMILES string of the molecule is CCn1cc(C(=O)Nc2cc(C(F)(F)F)ccc2Cl)c(=O)c2cc(Cl)ccc21. The largest absolute Gasteiger partial charge is 0.416 e. The predicted octanol–water partition coefficient (Wildman–Crippen LogP) is 5.60. The summed E-state index contributed by atoms with van der Waals surface area (Å²) >= 11 is 11.9. The zero-order valence-corrected chi connectivity index (χ0v) is 15.9. The van der Waals surface area contributed by atoms with Crippen LogP contribution in [0.5, 0.6) is 0 Å². The van der Waals surface area contributed by atoms with E-state index in [-0.39, 0.29) is 21.7 Å². The van der Waals surface area contributed by atoms with Gasteiger partial charge in [-0.05, 0) is 43.3 Å². The van der Waals surface area contributed by atoms with E-state index in [9.17, 15) is 22.8 Å². The Balaban J connectivity index is 2.08. The molecule has 1 heterocycles. The highest BCUT2D eigenvalue weighted by atomic mass is 35.5. The van der Waals surface area contributed by atoms with Crippen LogP contribution < -0.4 is 10.7 Å². The van der Waals surface area contributed by atoms with E-state index >= 15 is 0 Å². The van der Waals surface area contributed by atoms with Gasteiger partial charge in [-0.25, -0.2) is 0 Å². The van der Waals surface area contributed by atoms with Crippen LogP contribution in [0.2, 0.25) is 10.0 Å². The zero-order valence-electron chi connectivity index (χ0n) is 14.4. The normalized spacial score (nSPS) is 11.6. The third-order valence-electron chi connectivity index (χ3n) is 4.17. The van der Waals surface area contributed by atoms with E-state index in [1.165, 1.54) is 12.3 Å². The number of hydrogen-bond acceptors (Lipinski definition) is 2. The molecule has 0 radical (unpaired) electrons. The first kappa shape index (κ1) is 20.2. The molecule has 2 aromatic carbocycles. The summed E-state index contributed by atoms with van der Waals surface area (Å²) in [5.41, 5.74) is -1.43. The van der Waals surface area contributed by atoms with Gasteiger partial charge in [-0.2, -0.15) is 13.2 Å². The lowest BCUT2D eigenvalue weighted by atomic mass is 10.1. The second-order valence-corrected chi connectivity index (χ2v) is 6.81. The van der Waals surface area contributed by atoms with Gasteiger partial charge >= 0.3 is 6.18 Å². The number of aryl methyl sites for hydroxylation is 1. The number of hydrogen-bond donors (Lipinski definition) is 1. The summed E-state index contributed by atoms with van der Waals surface area (Å²) in [4.78, 5) is 25.4. The number of pyridine rings is 1. The molecule has 1 amide bonds. The van der Waals surface area contributed by atoms with Gasteiger partial charge in [-0.3, -0.25) is 9.59 Å². The second-order valence-electron chi connectivity index (χ2n) is 5.97. The van der Waals surface area contributed by atoms with Gasteiger partial charge in [0.25, 0.3) is 5.91 Å². The van der Waals surface area contributed by atoms with Crippen LogP contribution in [0, 0.1) is 0 Å².